The second-order valence-electron chi connectivity index (χ2n) is 8.07. The highest BCUT2D eigenvalue weighted by Crippen LogP contribution is 2.43. The molecule has 0 bridgehead atoms. The zero-order chi connectivity index (χ0) is 23.8. The summed E-state index contributed by atoms with van der Waals surface area (Å²) in [6.45, 7) is 0.108. The number of pyridine rings is 1. The van der Waals surface area contributed by atoms with E-state index in [0.717, 1.165) is 5.56 Å². The molecular formula is C22H21N5O5S. The molecule has 1 saturated carbocycles. The molecular weight excluding hydrogens is 446 g/mol. The summed E-state index contributed by atoms with van der Waals surface area (Å²) in [6, 6.07) is 10.1. The molecule has 0 spiro atoms. The van der Waals surface area contributed by atoms with Crippen LogP contribution in [-0.4, -0.2) is 46.5 Å². The topological polar surface area (TPSA) is 144 Å². The lowest BCUT2D eigenvalue weighted by Crippen LogP contribution is -2.33. The molecule has 2 heterocycles. The van der Waals surface area contributed by atoms with E-state index in [-0.39, 0.29) is 30.1 Å². The molecule has 1 aliphatic carbocycles. The van der Waals surface area contributed by atoms with E-state index < -0.39 is 26.1 Å². The third-order valence-corrected chi connectivity index (χ3v) is 7.91. The van der Waals surface area contributed by atoms with Crippen molar-refractivity contribution in [3.63, 3.8) is 0 Å². The molecule has 2 aromatic heterocycles. The lowest BCUT2D eigenvalue weighted by molar-refractivity contribution is 0.0949. The van der Waals surface area contributed by atoms with Crippen LogP contribution in [0.2, 0.25) is 0 Å². The molecule has 1 aliphatic rings. The van der Waals surface area contributed by atoms with Gasteiger partial charge in [-0.15, -0.1) is 0 Å². The molecule has 1 amide bonds. The number of nitriles is 1. The van der Waals surface area contributed by atoms with Gasteiger partial charge in [0.25, 0.3) is 11.5 Å². The first kappa shape index (κ1) is 22.4. The van der Waals surface area contributed by atoms with Crippen molar-refractivity contribution in [3.8, 4) is 11.9 Å². The van der Waals surface area contributed by atoms with Crippen molar-refractivity contribution in [2.24, 2.45) is 7.05 Å². The summed E-state index contributed by atoms with van der Waals surface area (Å²) in [5.74, 6) is -0.490. The number of aromatic nitrogens is 3. The number of carbonyl (C=O) groups is 1. The summed E-state index contributed by atoms with van der Waals surface area (Å²) >= 11 is 0. The highest BCUT2D eigenvalue weighted by atomic mass is 32.2. The summed E-state index contributed by atoms with van der Waals surface area (Å²) in [5, 5.41) is 11.6. The number of aryl methyl sites for hydroxylation is 1. The molecule has 1 N–H and O–H groups in total. The van der Waals surface area contributed by atoms with Gasteiger partial charge in [0.15, 0.2) is 9.84 Å². The summed E-state index contributed by atoms with van der Waals surface area (Å²) < 4.78 is 30.0. The lowest BCUT2D eigenvalue weighted by atomic mass is 10.1. The van der Waals surface area contributed by atoms with Crippen molar-refractivity contribution in [1.82, 2.24) is 19.9 Å². The molecule has 4 rings (SSSR count). The number of benzene rings is 1. The highest BCUT2D eigenvalue weighted by Gasteiger charge is 2.53. The molecule has 10 nitrogen and oxygen atoms in total. The van der Waals surface area contributed by atoms with E-state index in [1.165, 1.54) is 30.3 Å². The maximum Gasteiger partial charge on any atom is 0.263 e. The average Bonchev–Trinajstić information content (AvgIpc) is 3.60. The number of fused-ring (bicyclic) bond motifs is 1. The van der Waals surface area contributed by atoms with Crippen molar-refractivity contribution < 1.29 is 17.9 Å². The van der Waals surface area contributed by atoms with Gasteiger partial charge in [0, 0.05) is 19.8 Å². The third kappa shape index (κ3) is 4.29. The van der Waals surface area contributed by atoms with Gasteiger partial charge in [0.2, 0.25) is 5.88 Å². The number of nitrogens with zero attached hydrogens (tertiary/aromatic N) is 4. The number of sulfone groups is 1. The number of ether oxygens (including phenoxy) is 1. The van der Waals surface area contributed by atoms with Gasteiger partial charge in [-0.05, 0) is 36.6 Å². The maximum atomic E-state index is 12.9. The monoisotopic (exact) mass is 467 g/mol. The molecule has 0 unspecified atom stereocenters. The minimum Gasteiger partial charge on any atom is -0.474 e. The third-order valence-electron chi connectivity index (χ3n) is 5.82. The fraction of sp³-hybridized carbons (Fsp3) is 0.318. The van der Waals surface area contributed by atoms with E-state index in [4.69, 9.17) is 10.00 Å². The Morgan fingerprint density at radius 3 is 2.58 bits per heavy atom. The minimum atomic E-state index is -3.29. The van der Waals surface area contributed by atoms with E-state index in [9.17, 15) is 18.0 Å². The SMILES string of the molecule is Cn1c(=O)c(C(=O)NCc2ccc(C#N)cc2)cc2ncnc(OCC3(S(C)(=O)=O)CC3)c21. The van der Waals surface area contributed by atoms with Gasteiger partial charge in [-0.1, -0.05) is 12.1 Å². The number of carbonyl (C=O) groups excluding carboxylic acids is 1. The molecule has 0 saturated heterocycles. The first-order valence-corrected chi connectivity index (χ1v) is 12.0. The highest BCUT2D eigenvalue weighted by molar-refractivity contribution is 7.92. The van der Waals surface area contributed by atoms with Gasteiger partial charge in [-0.3, -0.25) is 9.59 Å². The molecule has 170 valence electrons. The van der Waals surface area contributed by atoms with E-state index in [1.54, 1.807) is 24.3 Å². The zero-order valence-corrected chi connectivity index (χ0v) is 18.8. The molecule has 3 aromatic rings. The largest absolute Gasteiger partial charge is 0.474 e. The fourth-order valence-electron chi connectivity index (χ4n) is 3.48. The van der Waals surface area contributed by atoms with Crippen LogP contribution in [0, 0.1) is 11.3 Å². The quantitative estimate of drug-likeness (QED) is 0.544. The van der Waals surface area contributed by atoms with Crippen LogP contribution in [0.15, 0.2) is 41.5 Å². The van der Waals surface area contributed by atoms with Crippen molar-refractivity contribution in [3.05, 3.63) is 63.7 Å². The van der Waals surface area contributed by atoms with Gasteiger partial charge < -0.3 is 14.6 Å². The normalized spacial score (nSPS) is 14.5. The van der Waals surface area contributed by atoms with Crippen LogP contribution in [0.4, 0.5) is 0 Å². The fourth-order valence-corrected chi connectivity index (χ4v) is 4.60. The Balaban J connectivity index is 1.58. The first-order chi connectivity index (χ1) is 15.6. The van der Waals surface area contributed by atoms with Gasteiger partial charge in [0.05, 0.1) is 17.1 Å². The molecule has 11 heteroatoms. The van der Waals surface area contributed by atoms with Crippen LogP contribution >= 0.6 is 0 Å². The Kier molecular flexibility index (Phi) is 5.63. The van der Waals surface area contributed by atoms with Crippen LogP contribution in [-0.2, 0) is 23.4 Å². The van der Waals surface area contributed by atoms with Crippen LogP contribution in [0.5, 0.6) is 5.88 Å². The first-order valence-electron chi connectivity index (χ1n) is 10.1. The van der Waals surface area contributed by atoms with Crippen molar-refractivity contribution in [2.45, 2.75) is 24.1 Å². The van der Waals surface area contributed by atoms with E-state index in [1.807, 2.05) is 6.07 Å². The van der Waals surface area contributed by atoms with Crippen LogP contribution in [0.3, 0.4) is 0 Å². The number of nitrogens with one attached hydrogen (secondary N) is 1. The Bertz CT molecular complexity index is 1450. The minimum absolute atomic E-state index is 0.0705. The molecule has 33 heavy (non-hydrogen) atoms. The summed E-state index contributed by atoms with van der Waals surface area (Å²) in [4.78, 5) is 33.8. The Labute approximate surface area is 189 Å². The maximum absolute atomic E-state index is 12.9. The molecule has 0 atom stereocenters. The Hall–Kier alpha value is -3.78. The number of hydrogen-bond acceptors (Lipinski definition) is 8. The van der Waals surface area contributed by atoms with Crippen molar-refractivity contribution in [1.29, 1.82) is 5.26 Å². The van der Waals surface area contributed by atoms with Crippen molar-refractivity contribution in [2.75, 3.05) is 12.9 Å². The second kappa shape index (κ2) is 8.29. The second-order valence-corrected chi connectivity index (χ2v) is 10.5. The van der Waals surface area contributed by atoms with Crippen LogP contribution < -0.4 is 15.6 Å². The summed E-state index contributed by atoms with van der Waals surface area (Å²) in [7, 11) is -1.82. The van der Waals surface area contributed by atoms with Crippen LogP contribution in [0.1, 0.15) is 34.3 Å². The van der Waals surface area contributed by atoms with E-state index in [2.05, 4.69) is 15.3 Å². The van der Waals surface area contributed by atoms with Crippen LogP contribution in [0.25, 0.3) is 11.0 Å². The Morgan fingerprint density at radius 2 is 1.97 bits per heavy atom. The van der Waals surface area contributed by atoms with Crippen molar-refractivity contribution >= 4 is 26.8 Å². The van der Waals surface area contributed by atoms with Gasteiger partial charge >= 0.3 is 0 Å². The zero-order valence-electron chi connectivity index (χ0n) is 18.0. The molecule has 1 aromatic carbocycles. The number of amides is 1. The predicted molar refractivity (Wildman–Crippen MR) is 119 cm³/mol. The van der Waals surface area contributed by atoms with E-state index in [0.29, 0.717) is 23.9 Å². The molecule has 0 aliphatic heterocycles. The predicted octanol–water partition coefficient (Wildman–Crippen LogP) is 1.09. The molecule has 1 fully saturated rings. The number of hydrogen-bond donors (Lipinski definition) is 1. The van der Waals surface area contributed by atoms with Gasteiger partial charge in [-0.2, -0.15) is 10.2 Å². The van der Waals surface area contributed by atoms with Gasteiger partial charge in [0.1, 0.15) is 28.8 Å². The Morgan fingerprint density at radius 1 is 1.27 bits per heavy atom. The standard InChI is InChI=1S/C22H21N5O5S/c1-27-18-17(25-13-26-20(18)32-12-22(7-8-22)33(2,30)31)9-16(21(27)29)19(28)24-11-15-5-3-14(10-23)4-6-15/h3-6,9,13H,7-8,11-12H2,1-2H3,(H,24,28). The summed E-state index contributed by atoms with van der Waals surface area (Å²) in [6.07, 6.45) is 3.44. The summed E-state index contributed by atoms with van der Waals surface area (Å²) in [5.41, 5.74) is 1.21. The lowest BCUT2D eigenvalue weighted by Gasteiger charge is -2.16. The molecule has 0 radical (unpaired) electrons. The smallest absolute Gasteiger partial charge is 0.263 e. The average molecular weight is 468 g/mol. The van der Waals surface area contributed by atoms with Gasteiger partial charge in [-0.25, -0.2) is 13.4 Å². The van der Waals surface area contributed by atoms with E-state index >= 15 is 0 Å². The number of rotatable bonds is 7.